The minimum atomic E-state index is -0.121. The van der Waals surface area contributed by atoms with Gasteiger partial charge in [0.05, 0.1) is 0 Å². The predicted octanol–water partition coefficient (Wildman–Crippen LogP) is 3.91. The molecule has 0 radical (unpaired) electrons. The summed E-state index contributed by atoms with van der Waals surface area (Å²) in [4.78, 5) is 41.5. The lowest BCUT2D eigenvalue weighted by atomic mass is 10.1. The summed E-state index contributed by atoms with van der Waals surface area (Å²) in [6, 6.07) is 0.689. The zero-order chi connectivity index (χ0) is 21.6. The van der Waals surface area contributed by atoms with Gasteiger partial charge < -0.3 is 9.80 Å². The van der Waals surface area contributed by atoms with Crippen LogP contribution in [-0.2, 0) is 14.4 Å². The Morgan fingerprint density at radius 2 is 1.24 bits per heavy atom. The SMILES string of the molecule is CC(CSCC(C)C(=O)N1CCCC1C)C(=O)SCC(C)C(=O)N1CCCC1C. The van der Waals surface area contributed by atoms with Gasteiger partial charge in [0.1, 0.15) is 0 Å². The molecular weight excluding hydrogens is 404 g/mol. The van der Waals surface area contributed by atoms with Gasteiger partial charge in [-0.15, -0.1) is 0 Å². The second-order valence-corrected chi connectivity index (χ2v) is 11.0. The van der Waals surface area contributed by atoms with Gasteiger partial charge in [0, 0.05) is 60.2 Å². The van der Waals surface area contributed by atoms with Crippen LogP contribution in [0.15, 0.2) is 0 Å². The molecule has 166 valence electrons. The van der Waals surface area contributed by atoms with Crippen molar-refractivity contribution in [2.75, 3.05) is 30.3 Å². The third-order valence-electron chi connectivity index (χ3n) is 6.13. The van der Waals surface area contributed by atoms with Crippen LogP contribution in [-0.4, -0.2) is 69.2 Å². The summed E-state index contributed by atoms with van der Waals surface area (Å²) in [5, 5.41) is 0.152. The zero-order valence-electron chi connectivity index (χ0n) is 18.7. The first-order chi connectivity index (χ1) is 13.7. The van der Waals surface area contributed by atoms with Crippen molar-refractivity contribution in [3.63, 3.8) is 0 Å². The van der Waals surface area contributed by atoms with Crippen molar-refractivity contribution >= 4 is 40.5 Å². The Hall–Kier alpha value is -0.690. The highest BCUT2D eigenvalue weighted by atomic mass is 32.2. The summed E-state index contributed by atoms with van der Waals surface area (Å²) in [6.07, 6.45) is 4.37. The molecule has 0 aliphatic carbocycles. The van der Waals surface area contributed by atoms with Gasteiger partial charge in [-0.1, -0.05) is 32.5 Å². The monoisotopic (exact) mass is 442 g/mol. The van der Waals surface area contributed by atoms with Gasteiger partial charge in [0.25, 0.3) is 0 Å². The molecule has 2 aliphatic heterocycles. The maximum absolute atomic E-state index is 12.5. The number of hydrogen-bond acceptors (Lipinski definition) is 5. The van der Waals surface area contributed by atoms with E-state index in [1.54, 1.807) is 11.8 Å². The Labute approximate surface area is 185 Å². The molecule has 2 rings (SSSR count). The van der Waals surface area contributed by atoms with Crippen LogP contribution in [0.2, 0.25) is 0 Å². The van der Waals surface area contributed by atoms with Crippen LogP contribution in [0.25, 0.3) is 0 Å². The number of nitrogens with zero attached hydrogens (tertiary/aromatic N) is 2. The number of likely N-dealkylation sites (tertiary alicyclic amines) is 2. The summed E-state index contributed by atoms with van der Waals surface area (Å²) < 4.78 is 0. The Morgan fingerprint density at radius 3 is 1.69 bits per heavy atom. The zero-order valence-corrected chi connectivity index (χ0v) is 20.3. The highest BCUT2D eigenvalue weighted by Gasteiger charge is 2.30. The molecule has 0 N–H and O–H groups in total. The number of amides is 2. The number of rotatable bonds is 9. The molecule has 7 heteroatoms. The van der Waals surface area contributed by atoms with E-state index >= 15 is 0 Å². The van der Waals surface area contributed by atoms with E-state index < -0.39 is 0 Å². The Balaban J connectivity index is 1.65. The molecular formula is C22H38N2O3S2. The van der Waals surface area contributed by atoms with Crippen molar-refractivity contribution in [3.05, 3.63) is 0 Å². The van der Waals surface area contributed by atoms with Crippen LogP contribution in [0, 0.1) is 17.8 Å². The highest BCUT2D eigenvalue weighted by Crippen LogP contribution is 2.25. The minimum Gasteiger partial charge on any atom is -0.340 e. The fraction of sp³-hybridized carbons (Fsp3) is 0.864. The first-order valence-corrected chi connectivity index (χ1v) is 13.2. The predicted molar refractivity (Wildman–Crippen MR) is 123 cm³/mol. The summed E-state index contributed by atoms with van der Waals surface area (Å²) in [5.41, 5.74) is 0. The highest BCUT2D eigenvalue weighted by molar-refractivity contribution is 8.13. The van der Waals surface area contributed by atoms with Crippen molar-refractivity contribution in [3.8, 4) is 0 Å². The molecule has 5 unspecified atom stereocenters. The molecule has 5 nitrogen and oxygen atoms in total. The number of thioether (sulfide) groups is 2. The van der Waals surface area contributed by atoms with Crippen molar-refractivity contribution in [2.24, 2.45) is 17.8 Å². The lowest BCUT2D eigenvalue weighted by molar-refractivity contribution is -0.135. The van der Waals surface area contributed by atoms with E-state index in [2.05, 4.69) is 13.8 Å². The van der Waals surface area contributed by atoms with Crippen LogP contribution >= 0.6 is 23.5 Å². The fourth-order valence-corrected chi connectivity index (χ4v) is 6.24. The van der Waals surface area contributed by atoms with Crippen LogP contribution < -0.4 is 0 Å². The lowest BCUT2D eigenvalue weighted by Crippen LogP contribution is -2.38. The molecule has 2 heterocycles. The molecule has 2 fully saturated rings. The molecule has 2 aliphatic rings. The van der Waals surface area contributed by atoms with Crippen LogP contribution in [0.3, 0.4) is 0 Å². The summed E-state index contributed by atoms with van der Waals surface area (Å²) in [5.74, 6) is 2.28. The van der Waals surface area contributed by atoms with Gasteiger partial charge in [0.2, 0.25) is 11.8 Å². The Bertz CT molecular complexity index is 586. The molecule has 0 aromatic rings. The van der Waals surface area contributed by atoms with Crippen molar-refractivity contribution in [1.82, 2.24) is 9.80 Å². The van der Waals surface area contributed by atoms with Gasteiger partial charge in [-0.2, -0.15) is 11.8 Å². The van der Waals surface area contributed by atoms with Crippen molar-refractivity contribution in [2.45, 2.75) is 72.4 Å². The molecule has 0 bridgehead atoms. The van der Waals surface area contributed by atoms with Crippen LogP contribution in [0.4, 0.5) is 0 Å². The minimum absolute atomic E-state index is 0.00407. The quantitative estimate of drug-likeness (QED) is 0.542. The average molecular weight is 443 g/mol. The summed E-state index contributed by atoms with van der Waals surface area (Å²) in [6.45, 7) is 11.8. The van der Waals surface area contributed by atoms with Crippen molar-refractivity contribution in [1.29, 1.82) is 0 Å². The van der Waals surface area contributed by atoms with Crippen molar-refractivity contribution < 1.29 is 14.4 Å². The maximum atomic E-state index is 12.5. The van der Waals surface area contributed by atoms with Crippen LogP contribution in [0.5, 0.6) is 0 Å². The van der Waals surface area contributed by atoms with Gasteiger partial charge in [-0.3, -0.25) is 14.4 Å². The van der Waals surface area contributed by atoms with E-state index in [-0.39, 0.29) is 34.7 Å². The molecule has 0 spiro atoms. The normalized spacial score (nSPS) is 25.1. The second-order valence-electron chi connectivity index (χ2n) is 8.92. The Kier molecular flexibility index (Phi) is 9.86. The standard InChI is InChI=1S/C22H38N2O3S2/c1-15(20(25)23-10-6-8-18(23)4)12-28-13-17(3)22(27)29-14-16(2)21(26)24-11-7-9-19(24)5/h15-19H,6-14H2,1-5H3. The lowest BCUT2D eigenvalue weighted by Gasteiger charge is -2.25. The van der Waals surface area contributed by atoms with E-state index in [0.717, 1.165) is 50.3 Å². The second kappa shape index (κ2) is 11.6. The van der Waals surface area contributed by atoms with Gasteiger partial charge >= 0.3 is 0 Å². The first kappa shape index (κ1) is 24.6. The van der Waals surface area contributed by atoms with E-state index in [9.17, 15) is 14.4 Å². The molecule has 2 amide bonds. The van der Waals surface area contributed by atoms with Crippen LogP contribution in [0.1, 0.15) is 60.3 Å². The number of hydrogen-bond donors (Lipinski definition) is 0. The number of carbonyl (C=O) groups excluding carboxylic acids is 3. The molecule has 0 saturated carbocycles. The van der Waals surface area contributed by atoms with E-state index in [0.29, 0.717) is 17.8 Å². The molecule has 0 aromatic heterocycles. The Morgan fingerprint density at radius 1 is 0.793 bits per heavy atom. The smallest absolute Gasteiger partial charge is 0.226 e. The third-order valence-corrected chi connectivity index (χ3v) is 8.95. The first-order valence-electron chi connectivity index (χ1n) is 11.1. The van der Waals surface area contributed by atoms with Gasteiger partial charge in [-0.25, -0.2) is 0 Å². The van der Waals surface area contributed by atoms with E-state index in [1.807, 2.05) is 30.6 Å². The van der Waals surface area contributed by atoms with E-state index in [4.69, 9.17) is 0 Å². The molecule has 2 saturated heterocycles. The average Bonchev–Trinajstić information content (AvgIpc) is 3.32. The van der Waals surface area contributed by atoms with E-state index in [1.165, 1.54) is 11.8 Å². The summed E-state index contributed by atoms with van der Waals surface area (Å²) >= 11 is 2.98. The summed E-state index contributed by atoms with van der Waals surface area (Å²) in [7, 11) is 0. The number of carbonyl (C=O) groups is 3. The molecule has 29 heavy (non-hydrogen) atoms. The fourth-order valence-electron chi connectivity index (χ4n) is 4.07. The van der Waals surface area contributed by atoms with Gasteiger partial charge in [0.15, 0.2) is 5.12 Å². The maximum Gasteiger partial charge on any atom is 0.226 e. The molecule has 5 atom stereocenters. The van der Waals surface area contributed by atoms with Gasteiger partial charge in [-0.05, 0) is 39.5 Å². The third kappa shape index (κ3) is 6.91. The molecule has 0 aromatic carbocycles. The largest absolute Gasteiger partial charge is 0.340 e. The topological polar surface area (TPSA) is 57.7 Å².